The van der Waals surface area contributed by atoms with Crippen LogP contribution in [-0.2, 0) is 9.59 Å². The van der Waals surface area contributed by atoms with E-state index in [0.29, 0.717) is 12.0 Å². The number of carbonyl (C=O) groups excluding carboxylic acids is 4. The van der Waals surface area contributed by atoms with Crippen LogP contribution < -0.4 is 0 Å². The molecule has 3 rings (SSSR count). The second kappa shape index (κ2) is 7.06. The molecule has 1 fully saturated rings. The van der Waals surface area contributed by atoms with Crippen LogP contribution in [0.4, 0.5) is 9.18 Å². The number of benzene rings is 1. The standard InChI is InChI=1S/C20H21FN2O4/c1-20(14-8-4-3-5-9-14)17(25)22(2)19(27)23(18(20)26)12-16(24)13-7-6-10-15(21)11-13/h6-8,10-11H,3-5,9,12H2,1-2H3. The Hall–Kier alpha value is -2.83. The lowest BCUT2D eigenvalue weighted by Crippen LogP contribution is -2.64. The summed E-state index contributed by atoms with van der Waals surface area (Å²) in [6.07, 6.45) is 5.10. The van der Waals surface area contributed by atoms with Gasteiger partial charge in [0.05, 0.1) is 6.54 Å². The Morgan fingerprint density at radius 3 is 2.56 bits per heavy atom. The van der Waals surface area contributed by atoms with Crippen LogP contribution in [-0.4, -0.2) is 47.0 Å². The Labute approximate surface area is 156 Å². The molecule has 1 unspecified atom stereocenters. The molecule has 1 aliphatic heterocycles. The summed E-state index contributed by atoms with van der Waals surface area (Å²) in [5, 5.41) is 0. The van der Waals surface area contributed by atoms with Gasteiger partial charge in [-0.2, -0.15) is 0 Å². The summed E-state index contributed by atoms with van der Waals surface area (Å²) in [5.74, 6) is -2.44. The number of halogens is 1. The summed E-state index contributed by atoms with van der Waals surface area (Å²) < 4.78 is 13.4. The topological polar surface area (TPSA) is 74.8 Å². The maximum absolute atomic E-state index is 13.4. The molecule has 1 atom stereocenters. The molecule has 1 heterocycles. The first-order chi connectivity index (χ1) is 12.8. The molecule has 142 valence electrons. The van der Waals surface area contributed by atoms with Crippen molar-refractivity contribution in [3.63, 3.8) is 0 Å². The molecule has 2 aliphatic rings. The number of barbiturate groups is 1. The van der Waals surface area contributed by atoms with Gasteiger partial charge in [0.2, 0.25) is 5.91 Å². The van der Waals surface area contributed by atoms with Crippen LogP contribution in [0.2, 0.25) is 0 Å². The number of hydrogen-bond acceptors (Lipinski definition) is 4. The molecule has 27 heavy (non-hydrogen) atoms. The quantitative estimate of drug-likeness (QED) is 0.463. The van der Waals surface area contributed by atoms with Gasteiger partial charge in [0, 0.05) is 12.6 Å². The lowest BCUT2D eigenvalue weighted by atomic mass is 9.73. The van der Waals surface area contributed by atoms with E-state index < -0.39 is 41.4 Å². The number of hydrogen-bond donors (Lipinski definition) is 0. The number of amides is 4. The fraction of sp³-hybridized carbons (Fsp3) is 0.400. The van der Waals surface area contributed by atoms with Gasteiger partial charge in [-0.25, -0.2) is 9.18 Å². The third kappa shape index (κ3) is 3.18. The third-order valence-corrected chi connectivity index (χ3v) is 5.30. The molecule has 0 bridgehead atoms. The van der Waals surface area contributed by atoms with E-state index in [9.17, 15) is 23.6 Å². The molecule has 0 saturated carbocycles. The van der Waals surface area contributed by atoms with Crippen molar-refractivity contribution in [3.05, 3.63) is 47.3 Å². The van der Waals surface area contributed by atoms with Crippen LogP contribution in [0.5, 0.6) is 0 Å². The highest BCUT2D eigenvalue weighted by molar-refractivity contribution is 6.21. The number of rotatable bonds is 4. The lowest BCUT2D eigenvalue weighted by Gasteiger charge is -2.42. The van der Waals surface area contributed by atoms with Gasteiger partial charge in [0.25, 0.3) is 5.91 Å². The van der Waals surface area contributed by atoms with Gasteiger partial charge in [0.15, 0.2) is 5.78 Å². The third-order valence-electron chi connectivity index (χ3n) is 5.30. The van der Waals surface area contributed by atoms with Crippen molar-refractivity contribution in [1.82, 2.24) is 9.80 Å². The molecule has 6 nitrogen and oxygen atoms in total. The minimum absolute atomic E-state index is 0.0636. The molecule has 0 aromatic heterocycles. The van der Waals surface area contributed by atoms with Gasteiger partial charge in [-0.05, 0) is 50.3 Å². The van der Waals surface area contributed by atoms with Crippen molar-refractivity contribution in [2.45, 2.75) is 32.6 Å². The molecular formula is C20H21FN2O4. The van der Waals surface area contributed by atoms with E-state index in [4.69, 9.17) is 0 Å². The fourth-order valence-electron chi connectivity index (χ4n) is 3.65. The minimum atomic E-state index is -1.49. The molecule has 0 N–H and O–H groups in total. The Morgan fingerprint density at radius 2 is 1.93 bits per heavy atom. The largest absolute Gasteiger partial charge is 0.333 e. The van der Waals surface area contributed by atoms with Crippen LogP contribution in [0.25, 0.3) is 0 Å². The van der Waals surface area contributed by atoms with Crippen LogP contribution in [0, 0.1) is 11.2 Å². The number of carbonyl (C=O) groups is 4. The summed E-state index contributed by atoms with van der Waals surface area (Å²) in [4.78, 5) is 52.6. The van der Waals surface area contributed by atoms with Crippen molar-refractivity contribution in [1.29, 1.82) is 0 Å². The normalized spacial score (nSPS) is 23.5. The van der Waals surface area contributed by atoms with Crippen LogP contribution in [0.3, 0.4) is 0 Å². The highest BCUT2D eigenvalue weighted by Gasteiger charge is 2.55. The lowest BCUT2D eigenvalue weighted by molar-refractivity contribution is -0.153. The van der Waals surface area contributed by atoms with Gasteiger partial charge in [-0.15, -0.1) is 0 Å². The second-order valence-corrected chi connectivity index (χ2v) is 7.07. The monoisotopic (exact) mass is 372 g/mol. The Balaban J connectivity index is 1.93. The fourth-order valence-corrected chi connectivity index (χ4v) is 3.65. The smallest absolute Gasteiger partial charge is 0.292 e. The maximum atomic E-state index is 13.4. The molecule has 1 aromatic rings. The van der Waals surface area contributed by atoms with Crippen LogP contribution in [0.1, 0.15) is 43.0 Å². The van der Waals surface area contributed by atoms with Gasteiger partial charge in [-0.3, -0.25) is 24.2 Å². The number of urea groups is 1. The highest BCUT2D eigenvalue weighted by Crippen LogP contribution is 2.40. The predicted octanol–water partition coefficient (Wildman–Crippen LogP) is 2.94. The molecule has 0 spiro atoms. The minimum Gasteiger partial charge on any atom is -0.292 e. The van der Waals surface area contributed by atoms with Crippen LogP contribution >= 0.6 is 0 Å². The zero-order chi connectivity index (χ0) is 19.8. The zero-order valence-electron chi connectivity index (χ0n) is 15.3. The van der Waals surface area contributed by atoms with Crippen molar-refractivity contribution < 1.29 is 23.6 Å². The zero-order valence-corrected chi connectivity index (χ0v) is 15.3. The van der Waals surface area contributed by atoms with Gasteiger partial charge >= 0.3 is 6.03 Å². The van der Waals surface area contributed by atoms with E-state index in [-0.39, 0.29) is 5.56 Å². The Kier molecular flexibility index (Phi) is 4.95. The molecule has 4 amide bonds. The molecule has 0 radical (unpaired) electrons. The number of allylic oxidation sites excluding steroid dienone is 1. The average Bonchev–Trinajstić information content (AvgIpc) is 2.68. The number of Topliss-reactive ketones (excluding diaryl/α,β-unsaturated/α-hetero) is 1. The molecule has 1 aliphatic carbocycles. The van der Waals surface area contributed by atoms with E-state index in [1.165, 1.54) is 32.2 Å². The Morgan fingerprint density at radius 1 is 1.19 bits per heavy atom. The van der Waals surface area contributed by atoms with Crippen molar-refractivity contribution in [2.24, 2.45) is 5.41 Å². The van der Waals surface area contributed by atoms with Crippen molar-refractivity contribution in [3.8, 4) is 0 Å². The van der Waals surface area contributed by atoms with E-state index in [0.717, 1.165) is 35.1 Å². The molecular weight excluding hydrogens is 351 g/mol. The number of imide groups is 2. The summed E-state index contributed by atoms with van der Waals surface area (Å²) >= 11 is 0. The van der Waals surface area contributed by atoms with Crippen LogP contribution in [0.15, 0.2) is 35.9 Å². The van der Waals surface area contributed by atoms with Crippen molar-refractivity contribution >= 4 is 23.6 Å². The number of ketones is 1. The van der Waals surface area contributed by atoms with E-state index >= 15 is 0 Å². The summed E-state index contributed by atoms with van der Waals surface area (Å²) in [5.41, 5.74) is -0.745. The maximum Gasteiger partial charge on any atom is 0.333 e. The van der Waals surface area contributed by atoms with Crippen molar-refractivity contribution in [2.75, 3.05) is 13.6 Å². The Bertz CT molecular complexity index is 863. The first-order valence-corrected chi connectivity index (χ1v) is 8.89. The second-order valence-electron chi connectivity index (χ2n) is 7.07. The highest BCUT2D eigenvalue weighted by atomic mass is 19.1. The van der Waals surface area contributed by atoms with E-state index in [2.05, 4.69) is 0 Å². The molecule has 7 heteroatoms. The van der Waals surface area contributed by atoms with Gasteiger partial charge in [-0.1, -0.05) is 18.2 Å². The number of nitrogens with zero attached hydrogens (tertiary/aromatic N) is 2. The average molecular weight is 372 g/mol. The molecule has 1 saturated heterocycles. The SMILES string of the molecule is CN1C(=O)N(CC(=O)c2cccc(F)c2)C(=O)C(C)(C2=CCCCC2)C1=O. The summed E-state index contributed by atoms with van der Waals surface area (Å²) in [6.45, 7) is 0.971. The molecule has 1 aromatic carbocycles. The predicted molar refractivity (Wildman–Crippen MR) is 95.3 cm³/mol. The van der Waals surface area contributed by atoms with E-state index in [1.807, 2.05) is 6.08 Å². The van der Waals surface area contributed by atoms with Gasteiger partial charge in [0.1, 0.15) is 11.2 Å². The van der Waals surface area contributed by atoms with E-state index in [1.54, 1.807) is 0 Å². The summed E-state index contributed by atoms with van der Waals surface area (Å²) in [6, 6.07) is 4.21. The summed E-state index contributed by atoms with van der Waals surface area (Å²) in [7, 11) is 1.30. The van der Waals surface area contributed by atoms with Gasteiger partial charge < -0.3 is 0 Å². The first-order valence-electron chi connectivity index (χ1n) is 8.89. The first kappa shape index (κ1) is 18.9.